The molecule has 0 bridgehead atoms. The van der Waals surface area contributed by atoms with E-state index in [0.717, 1.165) is 127 Å². The fraction of sp³-hybridized carbons (Fsp3) is 0.00806. The van der Waals surface area contributed by atoms with Crippen LogP contribution in [-0.2, 0) is 5.41 Å². The second-order valence-electron chi connectivity index (χ2n) is 34.3. The van der Waals surface area contributed by atoms with Crippen molar-refractivity contribution in [2.24, 2.45) is 0 Å². The van der Waals surface area contributed by atoms with Crippen LogP contribution in [0.3, 0.4) is 0 Å². The minimum atomic E-state index is -0.482. The van der Waals surface area contributed by atoms with Crippen LogP contribution < -0.4 is 16.9 Å². The predicted molar refractivity (Wildman–Crippen MR) is 547 cm³/mol. The van der Waals surface area contributed by atoms with Gasteiger partial charge in [0.05, 0.1) is 54.7 Å². The Morgan fingerprint density at radius 3 is 0.932 bits per heavy atom. The van der Waals surface area contributed by atoms with Crippen molar-refractivity contribution >= 4 is 131 Å². The summed E-state index contributed by atoms with van der Waals surface area (Å²) in [4.78, 5) is 39.0. The Hall–Kier alpha value is -17.8. The molecule has 0 atom stereocenters. The standard InChI is InChI=1S/C50H31NO2.C43H27NO2.C31H19NO2/c52-49-43-30-32(23-26-37(43)41-19-9-12-22-48(41)53-49)33-24-28-47-42(29-33)40-18-8-11-21-46(40)51(47)36-25-27-39-38-17-7-10-20-44(38)50(45(39)31-36,34-13-3-1-4-14-34)35-15-5-2-6-16-35;45-43-39-26-30(19-21-35(39)38-16-8-10-18-42(38)46-43)31-20-22-37-36-15-7-9-17-40(36)44(41(37)27-31)34-24-32(28-11-3-1-4-12-28)23-33(25-34)29-13-5-2-6-14-29;33-31-27-18-20(14-16-23(27)26-11-5-7-13-30(26)34-31)21-15-17-25-24-10-4-6-12-28(24)32(29(25)19-21)22-8-2-1-3-9-22/h1-31H;1-27H;1-19H. The van der Waals surface area contributed by atoms with Crippen molar-refractivity contribution in [3.63, 3.8) is 0 Å². The topological polar surface area (TPSA) is 105 Å². The fourth-order valence-electron chi connectivity index (χ4n) is 21.0. The van der Waals surface area contributed by atoms with Gasteiger partial charge in [-0.3, -0.25) is 0 Å². The van der Waals surface area contributed by atoms with E-state index in [4.69, 9.17) is 13.3 Å². The van der Waals surface area contributed by atoms with Gasteiger partial charge in [0.1, 0.15) is 16.7 Å². The van der Waals surface area contributed by atoms with Crippen LogP contribution in [0.1, 0.15) is 22.3 Å². The second kappa shape index (κ2) is 31.6. The highest BCUT2D eigenvalue weighted by Gasteiger charge is 2.46. The Balaban J connectivity index is 0.000000109. The predicted octanol–water partition coefficient (Wildman–Crippen LogP) is 30.8. The molecule has 9 nitrogen and oxygen atoms in total. The number of rotatable bonds is 10. The van der Waals surface area contributed by atoms with Crippen LogP contribution in [0.5, 0.6) is 0 Å². The van der Waals surface area contributed by atoms with Crippen LogP contribution in [0.15, 0.2) is 495 Å². The van der Waals surface area contributed by atoms with E-state index in [0.29, 0.717) is 32.9 Å². The summed E-state index contributed by atoms with van der Waals surface area (Å²) in [6.45, 7) is 0. The Morgan fingerprint density at radius 1 is 0.165 bits per heavy atom. The number of benzene rings is 20. The molecule has 26 aromatic rings. The van der Waals surface area contributed by atoms with Crippen LogP contribution in [0.2, 0.25) is 0 Å². The molecule has 0 radical (unpaired) electrons. The van der Waals surface area contributed by atoms with Crippen LogP contribution in [0.25, 0.3) is 214 Å². The lowest BCUT2D eigenvalue weighted by Crippen LogP contribution is -2.28. The quantitative estimate of drug-likeness (QED) is 0.0998. The van der Waals surface area contributed by atoms with Crippen LogP contribution in [0, 0.1) is 0 Å². The lowest BCUT2D eigenvalue weighted by molar-refractivity contribution is 0.569. The van der Waals surface area contributed by atoms with E-state index in [1.54, 1.807) is 0 Å². The zero-order valence-electron chi connectivity index (χ0n) is 71.7. The number of aromatic nitrogens is 3. The van der Waals surface area contributed by atoms with E-state index in [1.165, 1.54) is 77.0 Å². The van der Waals surface area contributed by atoms with Gasteiger partial charge in [0.2, 0.25) is 0 Å². The Morgan fingerprint density at radius 2 is 0.481 bits per heavy atom. The molecule has 1 aliphatic carbocycles. The van der Waals surface area contributed by atoms with Crippen molar-refractivity contribution in [3.8, 4) is 83.8 Å². The van der Waals surface area contributed by atoms with Gasteiger partial charge in [-0.25, -0.2) is 14.4 Å². The highest BCUT2D eigenvalue weighted by atomic mass is 16.4. The Bertz CT molecular complexity index is 9320. The smallest absolute Gasteiger partial charge is 0.344 e. The zero-order valence-corrected chi connectivity index (χ0v) is 71.7. The molecule has 6 heterocycles. The molecule has 0 fully saturated rings. The molecular weight excluding hydrogens is 1630 g/mol. The molecule has 0 saturated carbocycles. The molecule has 0 spiro atoms. The van der Waals surface area contributed by atoms with E-state index < -0.39 is 5.41 Å². The SMILES string of the molecule is O=c1oc2ccccc2c2ccc(-c3ccc4c(c3)c3ccccc3n4-c3ccc4c(c3)C(c3ccccc3)(c3ccccc3)c3ccccc3-4)cc12.O=c1oc2ccccc2c2ccc(-c3ccc4c5ccccc5n(-c5cc(-c6ccccc6)cc(-c6ccccc6)c5)c4c3)cc12.O=c1oc2ccccc2c2ccc(-c3ccc4c5ccccc5n(-c5ccccc5)c4c3)cc12. The molecule has 27 rings (SSSR count). The lowest BCUT2D eigenvalue weighted by Gasteiger charge is -2.34. The minimum Gasteiger partial charge on any atom is -0.422 e. The molecule has 0 aliphatic heterocycles. The van der Waals surface area contributed by atoms with Gasteiger partial charge in [-0.15, -0.1) is 0 Å². The van der Waals surface area contributed by atoms with Gasteiger partial charge in [0, 0.05) is 65.5 Å². The Kier molecular flexibility index (Phi) is 18.4. The monoisotopic (exact) mass is 1700 g/mol. The second-order valence-corrected chi connectivity index (χ2v) is 34.3. The molecule has 9 heteroatoms. The van der Waals surface area contributed by atoms with Gasteiger partial charge in [-0.2, -0.15) is 0 Å². The molecule has 0 saturated heterocycles. The summed E-state index contributed by atoms with van der Waals surface area (Å²) in [5.41, 5.74) is 28.9. The molecule has 0 N–H and O–H groups in total. The molecule has 624 valence electrons. The zero-order chi connectivity index (χ0) is 88.4. The number of fused-ring (bicyclic) bond motifs is 21. The summed E-state index contributed by atoms with van der Waals surface area (Å²) in [6.07, 6.45) is 0. The van der Waals surface area contributed by atoms with Gasteiger partial charge >= 0.3 is 16.9 Å². The average Bonchev–Trinajstić information content (AvgIpc) is 1.53. The van der Waals surface area contributed by atoms with E-state index in [9.17, 15) is 14.4 Å². The maximum atomic E-state index is 13.1. The van der Waals surface area contributed by atoms with Gasteiger partial charge in [-0.05, 0) is 227 Å². The van der Waals surface area contributed by atoms with Crippen molar-refractivity contribution in [2.45, 2.75) is 5.41 Å². The highest BCUT2D eigenvalue weighted by Crippen LogP contribution is 2.57. The Labute approximate surface area is 762 Å². The van der Waals surface area contributed by atoms with Gasteiger partial charge in [0.15, 0.2) is 0 Å². The van der Waals surface area contributed by atoms with E-state index in [2.05, 4.69) is 366 Å². The average molecular weight is 1700 g/mol. The first-order chi connectivity index (χ1) is 65.7. The van der Waals surface area contributed by atoms with Crippen LogP contribution >= 0.6 is 0 Å². The molecule has 1 aliphatic rings. The minimum absolute atomic E-state index is 0.310. The first-order valence-corrected chi connectivity index (χ1v) is 44.8. The van der Waals surface area contributed by atoms with Crippen molar-refractivity contribution in [2.75, 3.05) is 0 Å². The third-order valence-electron chi connectivity index (χ3n) is 27.0. The summed E-state index contributed by atoms with van der Waals surface area (Å²) in [5.74, 6) is 0. The highest BCUT2D eigenvalue weighted by molar-refractivity contribution is 6.15. The number of para-hydroxylation sites is 7. The fourth-order valence-corrected chi connectivity index (χ4v) is 21.0. The van der Waals surface area contributed by atoms with Crippen molar-refractivity contribution in [3.05, 3.63) is 521 Å². The van der Waals surface area contributed by atoms with Gasteiger partial charge in [0.25, 0.3) is 0 Å². The van der Waals surface area contributed by atoms with E-state index >= 15 is 0 Å². The summed E-state index contributed by atoms with van der Waals surface area (Å²) >= 11 is 0. The van der Waals surface area contributed by atoms with Gasteiger partial charge in [-0.1, -0.05) is 346 Å². The summed E-state index contributed by atoms with van der Waals surface area (Å²) in [6, 6.07) is 163. The molecule has 20 aromatic carbocycles. The first kappa shape index (κ1) is 77.5. The largest absolute Gasteiger partial charge is 0.422 e. The first-order valence-electron chi connectivity index (χ1n) is 44.8. The van der Waals surface area contributed by atoms with Crippen molar-refractivity contribution in [1.29, 1.82) is 0 Å². The number of hydrogen-bond acceptors (Lipinski definition) is 6. The maximum absolute atomic E-state index is 13.1. The third kappa shape index (κ3) is 12.9. The normalized spacial score (nSPS) is 12.2. The van der Waals surface area contributed by atoms with Crippen LogP contribution in [0.4, 0.5) is 0 Å². The van der Waals surface area contributed by atoms with Gasteiger partial charge < -0.3 is 27.0 Å². The van der Waals surface area contributed by atoms with Crippen molar-refractivity contribution < 1.29 is 13.3 Å². The van der Waals surface area contributed by atoms with E-state index in [1.807, 2.05) is 115 Å². The van der Waals surface area contributed by atoms with Crippen molar-refractivity contribution in [1.82, 2.24) is 13.7 Å². The molecule has 0 unspecified atom stereocenters. The summed E-state index contributed by atoms with van der Waals surface area (Å²) < 4.78 is 24.1. The maximum Gasteiger partial charge on any atom is 0.344 e. The molecule has 133 heavy (non-hydrogen) atoms. The summed E-state index contributed by atoms with van der Waals surface area (Å²) in [7, 11) is 0. The molecular formula is C124H77N3O6. The number of hydrogen-bond donors (Lipinski definition) is 0. The van der Waals surface area contributed by atoms with E-state index in [-0.39, 0.29) is 16.9 Å². The molecule has 0 amide bonds. The molecule has 6 aromatic heterocycles. The third-order valence-corrected chi connectivity index (χ3v) is 27.0. The lowest BCUT2D eigenvalue weighted by atomic mass is 9.67. The number of nitrogens with zero attached hydrogens (tertiary/aromatic N) is 3. The summed E-state index contributed by atoms with van der Waals surface area (Å²) in [5, 5.41) is 14.4. The van der Waals surface area contributed by atoms with Crippen LogP contribution in [-0.4, -0.2) is 13.7 Å².